The molecule has 3 rings (SSSR count). The van der Waals surface area contributed by atoms with E-state index in [9.17, 15) is 0 Å². The van der Waals surface area contributed by atoms with Crippen LogP contribution >= 0.6 is 0 Å². The molecule has 0 N–H and O–H groups in total. The van der Waals surface area contributed by atoms with E-state index in [2.05, 4.69) is 31.0 Å². The summed E-state index contributed by atoms with van der Waals surface area (Å²) in [4.78, 5) is 2.38. The van der Waals surface area contributed by atoms with Crippen LogP contribution in [0.1, 0.15) is 18.4 Å². The number of hydrogen-bond acceptors (Lipinski definition) is 3. The minimum atomic E-state index is 0.178. The molecule has 1 saturated heterocycles. The van der Waals surface area contributed by atoms with E-state index in [4.69, 9.17) is 9.47 Å². The highest BCUT2D eigenvalue weighted by Gasteiger charge is 2.34. The summed E-state index contributed by atoms with van der Waals surface area (Å²) in [6, 6.07) is 6.63. The molecule has 0 aliphatic carbocycles. The van der Waals surface area contributed by atoms with Crippen molar-refractivity contribution >= 4 is 0 Å². The lowest BCUT2D eigenvalue weighted by Gasteiger charge is -2.33. The van der Waals surface area contributed by atoms with Crippen molar-refractivity contribution < 1.29 is 9.47 Å². The molecule has 1 fully saturated rings. The van der Waals surface area contributed by atoms with Crippen LogP contribution in [0.3, 0.4) is 0 Å². The zero-order valence-electron chi connectivity index (χ0n) is 10.5. The van der Waals surface area contributed by atoms with Crippen LogP contribution in [0.4, 0.5) is 0 Å². The summed E-state index contributed by atoms with van der Waals surface area (Å²) in [7, 11) is 2.17. The molecule has 17 heavy (non-hydrogen) atoms. The van der Waals surface area contributed by atoms with Crippen LogP contribution in [0.15, 0.2) is 18.2 Å². The Morgan fingerprint density at radius 2 is 2.18 bits per heavy atom. The minimum absolute atomic E-state index is 0.178. The van der Waals surface area contributed by atoms with Crippen molar-refractivity contribution in [3.63, 3.8) is 0 Å². The van der Waals surface area contributed by atoms with Gasteiger partial charge in [0.1, 0.15) is 12.7 Å². The van der Waals surface area contributed by atoms with E-state index in [1.807, 2.05) is 6.07 Å². The number of aryl methyl sites for hydroxylation is 1. The highest BCUT2D eigenvalue weighted by Crippen LogP contribution is 2.34. The van der Waals surface area contributed by atoms with Crippen LogP contribution in [0, 0.1) is 6.92 Å². The predicted octanol–water partition coefficient (Wildman–Crippen LogP) is 2.23. The Morgan fingerprint density at radius 1 is 1.29 bits per heavy atom. The zero-order chi connectivity index (χ0) is 11.8. The van der Waals surface area contributed by atoms with Crippen LogP contribution in [0.2, 0.25) is 0 Å². The van der Waals surface area contributed by atoms with E-state index >= 15 is 0 Å². The van der Waals surface area contributed by atoms with E-state index in [1.165, 1.54) is 24.9 Å². The van der Waals surface area contributed by atoms with Crippen molar-refractivity contribution in [2.24, 2.45) is 0 Å². The molecule has 3 nitrogen and oxygen atoms in total. The average molecular weight is 233 g/mol. The lowest BCUT2D eigenvalue weighted by atomic mass is 10.1. The molecule has 2 aliphatic heterocycles. The summed E-state index contributed by atoms with van der Waals surface area (Å²) in [5.74, 6) is 1.79. The number of likely N-dealkylation sites (N-methyl/N-ethyl adjacent to an activating group) is 1. The molecular formula is C14H19NO2. The van der Waals surface area contributed by atoms with Crippen molar-refractivity contribution in [2.75, 3.05) is 20.2 Å². The summed E-state index contributed by atoms with van der Waals surface area (Å²) in [6.07, 6.45) is 2.66. The molecule has 92 valence electrons. The summed E-state index contributed by atoms with van der Waals surface area (Å²) >= 11 is 0. The molecular weight excluding hydrogens is 214 g/mol. The van der Waals surface area contributed by atoms with Crippen LogP contribution < -0.4 is 9.47 Å². The third kappa shape index (κ3) is 2.00. The lowest BCUT2D eigenvalue weighted by Crippen LogP contribution is -2.45. The fourth-order valence-corrected chi connectivity index (χ4v) is 2.79. The maximum Gasteiger partial charge on any atom is 0.162 e. The smallest absolute Gasteiger partial charge is 0.162 e. The summed E-state index contributed by atoms with van der Waals surface area (Å²) in [5, 5.41) is 0. The summed E-state index contributed by atoms with van der Waals surface area (Å²) < 4.78 is 11.9. The molecule has 3 heteroatoms. The fraction of sp³-hybridized carbons (Fsp3) is 0.571. The number of rotatable bonds is 1. The number of fused-ring (bicyclic) bond motifs is 1. The summed E-state index contributed by atoms with van der Waals surface area (Å²) in [6.45, 7) is 3.92. The molecule has 2 atom stereocenters. The van der Waals surface area contributed by atoms with Gasteiger partial charge in [0.05, 0.1) is 0 Å². The standard InChI is InChI=1S/C14H19NO2/c1-10-5-6-12-13(8-10)17-14(9-16-12)11-4-3-7-15(11)2/h5-6,8,11,14H,3-4,7,9H2,1-2H3/t11-,14+/m0/s1. The Hall–Kier alpha value is -1.22. The quantitative estimate of drug-likeness (QED) is 0.742. The van der Waals surface area contributed by atoms with Crippen molar-refractivity contribution in [2.45, 2.75) is 31.9 Å². The van der Waals surface area contributed by atoms with Crippen molar-refractivity contribution in [1.82, 2.24) is 4.90 Å². The highest BCUT2D eigenvalue weighted by molar-refractivity contribution is 5.43. The lowest BCUT2D eigenvalue weighted by molar-refractivity contribution is 0.0368. The first-order chi connectivity index (χ1) is 8.24. The topological polar surface area (TPSA) is 21.7 Å². The van der Waals surface area contributed by atoms with Crippen LogP contribution in [-0.2, 0) is 0 Å². The van der Waals surface area contributed by atoms with Gasteiger partial charge in [0.15, 0.2) is 11.5 Å². The number of benzene rings is 1. The molecule has 2 aliphatic rings. The second kappa shape index (κ2) is 4.22. The Kier molecular flexibility index (Phi) is 2.71. The minimum Gasteiger partial charge on any atom is -0.486 e. The molecule has 0 saturated carbocycles. The van der Waals surface area contributed by atoms with E-state index in [0.29, 0.717) is 12.6 Å². The highest BCUT2D eigenvalue weighted by atomic mass is 16.6. The number of nitrogens with zero attached hydrogens (tertiary/aromatic N) is 1. The number of likely N-dealkylation sites (tertiary alicyclic amines) is 1. The van der Waals surface area contributed by atoms with E-state index in [0.717, 1.165) is 11.5 Å². The average Bonchev–Trinajstić information content (AvgIpc) is 2.74. The van der Waals surface area contributed by atoms with E-state index in [1.54, 1.807) is 0 Å². The van der Waals surface area contributed by atoms with Gasteiger partial charge in [-0.25, -0.2) is 0 Å². The normalized spacial score (nSPS) is 28.4. The summed E-state index contributed by atoms with van der Waals surface area (Å²) in [5.41, 5.74) is 1.22. The van der Waals surface area contributed by atoms with Crippen LogP contribution in [-0.4, -0.2) is 37.2 Å². The van der Waals surface area contributed by atoms with Gasteiger partial charge in [0.2, 0.25) is 0 Å². The molecule has 1 aromatic carbocycles. The Labute approximate surface area is 102 Å². The third-order valence-electron chi connectivity index (χ3n) is 3.79. The Balaban J connectivity index is 1.80. The SMILES string of the molecule is Cc1ccc2c(c1)O[C@@H]([C@@H]1CCCN1C)CO2. The molecule has 2 heterocycles. The van der Waals surface area contributed by atoms with Gasteiger partial charge >= 0.3 is 0 Å². The number of hydrogen-bond donors (Lipinski definition) is 0. The second-order valence-corrected chi connectivity index (χ2v) is 5.11. The van der Waals surface area contributed by atoms with Crippen molar-refractivity contribution in [3.8, 4) is 11.5 Å². The molecule has 0 aromatic heterocycles. The predicted molar refractivity (Wildman–Crippen MR) is 66.7 cm³/mol. The largest absolute Gasteiger partial charge is 0.486 e. The first-order valence-electron chi connectivity index (χ1n) is 6.34. The van der Waals surface area contributed by atoms with E-state index < -0.39 is 0 Å². The van der Waals surface area contributed by atoms with Gasteiger partial charge in [-0.2, -0.15) is 0 Å². The van der Waals surface area contributed by atoms with Gasteiger partial charge < -0.3 is 9.47 Å². The third-order valence-corrected chi connectivity index (χ3v) is 3.79. The molecule has 0 radical (unpaired) electrons. The second-order valence-electron chi connectivity index (χ2n) is 5.11. The monoisotopic (exact) mass is 233 g/mol. The number of ether oxygens (including phenoxy) is 2. The van der Waals surface area contributed by atoms with Gasteiger partial charge in [0, 0.05) is 6.04 Å². The molecule has 0 bridgehead atoms. The van der Waals surface area contributed by atoms with Gasteiger partial charge in [-0.15, -0.1) is 0 Å². The van der Waals surface area contributed by atoms with Gasteiger partial charge in [-0.3, -0.25) is 4.90 Å². The maximum absolute atomic E-state index is 6.10. The van der Waals surface area contributed by atoms with Crippen molar-refractivity contribution in [3.05, 3.63) is 23.8 Å². The molecule has 0 amide bonds. The van der Waals surface area contributed by atoms with Crippen molar-refractivity contribution in [1.29, 1.82) is 0 Å². The zero-order valence-corrected chi connectivity index (χ0v) is 10.5. The maximum atomic E-state index is 6.10. The van der Waals surface area contributed by atoms with Gasteiger partial charge in [-0.1, -0.05) is 6.07 Å². The van der Waals surface area contributed by atoms with Crippen LogP contribution in [0.25, 0.3) is 0 Å². The first-order valence-corrected chi connectivity index (χ1v) is 6.34. The van der Waals surface area contributed by atoms with E-state index in [-0.39, 0.29) is 6.10 Å². The van der Waals surface area contributed by atoms with Gasteiger partial charge in [0.25, 0.3) is 0 Å². The molecule has 1 aromatic rings. The Bertz CT molecular complexity index is 419. The first kappa shape index (κ1) is 10.9. The Morgan fingerprint density at radius 3 is 2.94 bits per heavy atom. The molecule has 0 spiro atoms. The van der Waals surface area contributed by atoms with Gasteiger partial charge in [-0.05, 0) is 51.1 Å². The van der Waals surface area contributed by atoms with Crippen LogP contribution in [0.5, 0.6) is 11.5 Å². The fourth-order valence-electron chi connectivity index (χ4n) is 2.79. The molecule has 0 unspecified atom stereocenters.